The van der Waals surface area contributed by atoms with Gasteiger partial charge in [-0.2, -0.15) is 0 Å². The van der Waals surface area contributed by atoms with Crippen LogP contribution >= 0.6 is 0 Å². The molecule has 0 saturated carbocycles. The molecule has 0 aliphatic carbocycles. The molecule has 0 fully saturated rings. The van der Waals surface area contributed by atoms with Crippen molar-refractivity contribution in [2.24, 2.45) is 0 Å². The summed E-state index contributed by atoms with van der Waals surface area (Å²) in [7, 11) is 0. The Morgan fingerprint density at radius 3 is 2.17 bits per heavy atom. The second-order valence-corrected chi connectivity index (χ2v) is 8.25. The molecule has 1 atom stereocenters. The number of benzene rings is 1. The fourth-order valence-corrected chi connectivity index (χ4v) is 2.86. The number of nitrogens with zero attached hydrogens (tertiary/aromatic N) is 1. The topological polar surface area (TPSA) is 99.1 Å². The molecule has 1 unspecified atom stereocenters. The van der Waals surface area contributed by atoms with Crippen LogP contribution in [0.1, 0.15) is 65.9 Å². The first kappa shape index (κ1) is 24.6. The number of carboxylic acids is 1. The summed E-state index contributed by atoms with van der Waals surface area (Å²) in [6, 6.07) is 4.10. The first-order valence-corrected chi connectivity index (χ1v) is 10.4. The number of carbonyl (C=O) groups is 2. The molecule has 1 aromatic rings. The normalized spacial score (nSPS) is 12.3. The van der Waals surface area contributed by atoms with Gasteiger partial charge in [0.05, 0.1) is 0 Å². The van der Waals surface area contributed by atoms with Crippen LogP contribution in [0.5, 0.6) is 5.75 Å². The van der Waals surface area contributed by atoms with E-state index in [0.717, 1.165) is 44.5 Å². The number of hydrogen-bond donors (Lipinski definition) is 3. The van der Waals surface area contributed by atoms with E-state index in [1.54, 1.807) is 32.9 Å². The summed E-state index contributed by atoms with van der Waals surface area (Å²) < 4.78 is 5.13. The second kappa shape index (κ2) is 11.5. The van der Waals surface area contributed by atoms with Crippen molar-refractivity contribution in [1.29, 1.82) is 0 Å². The Hall–Kier alpha value is -2.44. The smallest absolute Gasteiger partial charge is 0.408 e. The summed E-state index contributed by atoms with van der Waals surface area (Å²) in [6.07, 6.45) is 3.46. The summed E-state index contributed by atoms with van der Waals surface area (Å²) in [4.78, 5) is 25.7. The minimum atomic E-state index is -1.20. The monoisotopic (exact) mass is 408 g/mol. The van der Waals surface area contributed by atoms with Gasteiger partial charge in [-0.15, -0.1) is 0 Å². The van der Waals surface area contributed by atoms with Crippen LogP contribution in [0.15, 0.2) is 18.2 Å². The molecule has 0 aliphatic heterocycles. The maximum atomic E-state index is 11.9. The number of hydrogen-bond acceptors (Lipinski definition) is 5. The predicted molar refractivity (Wildman–Crippen MR) is 115 cm³/mol. The molecule has 0 bridgehead atoms. The van der Waals surface area contributed by atoms with Crippen molar-refractivity contribution in [3.8, 4) is 5.75 Å². The van der Waals surface area contributed by atoms with Gasteiger partial charge in [-0.3, -0.25) is 0 Å². The summed E-state index contributed by atoms with van der Waals surface area (Å²) in [6.45, 7) is 11.2. The summed E-state index contributed by atoms with van der Waals surface area (Å²) >= 11 is 0. The van der Waals surface area contributed by atoms with Gasteiger partial charge in [0.2, 0.25) is 0 Å². The zero-order valence-corrected chi connectivity index (χ0v) is 18.3. The average molecular weight is 409 g/mol. The number of carboxylic acid groups (broad SMARTS) is 1. The summed E-state index contributed by atoms with van der Waals surface area (Å²) in [5.41, 5.74) is 0.653. The summed E-state index contributed by atoms with van der Waals surface area (Å²) in [5, 5.41) is 22.3. The third-order valence-electron chi connectivity index (χ3n) is 4.41. The Labute approximate surface area is 174 Å². The molecule has 7 heteroatoms. The van der Waals surface area contributed by atoms with Gasteiger partial charge in [0, 0.05) is 31.3 Å². The Balaban J connectivity index is 2.91. The molecule has 0 radical (unpaired) electrons. The molecule has 164 valence electrons. The largest absolute Gasteiger partial charge is 0.508 e. The van der Waals surface area contributed by atoms with Gasteiger partial charge in [-0.1, -0.05) is 32.8 Å². The standard InChI is InChI=1S/C22H36N2O5/c1-6-8-12-24(13-9-7-2)17-11-10-16(19(25)15-17)14-18(20(26)27)23-21(28)29-22(3,4)5/h10-11,15,18,25H,6-9,12-14H2,1-5H3,(H,23,28)(H,26,27). The van der Waals surface area contributed by atoms with E-state index in [4.69, 9.17) is 4.74 Å². The average Bonchev–Trinajstić information content (AvgIpc) is 2.61. The summed E-state index contributed by atoms with van der Waals surface area (Å²) in [5.74, 6) is -1.16. The third-order valence-corrected chi connectivity index (χ3v) is 4.41. The molecule has 0 saturated heterocycles. The van der Waals surface area contributed by atoms with Crippen LogP contribution in [0.2, 0.25) is 0 Å². The molecular weight excluding hydrogens is 372 g/mol. The molecule has 0 aliphatic rings. The number of rotatable bonds is 11. The zero-order chi connectivity index (χ0) is 22.0. The van der Waals surface area contributed by atoms with E-state index in [2.05, 4.69) is 24.1 Å². The second-order valence-electron chi connectivity index (χ2n) is 8.25. The maximum absolute atomic E-state index is 11.9. The van der Waals surface area contributed by atoms with Gasteiger partial charge in [0.25, 0.3) is 0 Å². The van der Waals surface area contributed by atoms with Crippen LogP contribution < -0.4 is 10.2 Å². The van der Waals surface area contributed by atoms with Crippen LogP contribution in [0.3, 0.4) is 0 Å². The van der Waals surface area contributed by atoms with E-state index in [1.165, 1.54) is 0 Å². The zero-order valence-electron chi connectivity index (χ0n) is 18.3. The van der Waals surface area contributed by atoms with Crippen molar-refractivity contribution < 1.29 is 24.5 Å². The fraction of sp³-hybridized carbons (Fsp3) is 0.636. The van der Waals surface area contributed by atoms with E-state index in [1.807, 2.05) is 6.07 Å². The molecule has 1 amide bonds. The third kappa shape index (κ3) is 9.07. The minimum Gasteiger partial charge on any atom is -0.508 e. The van der Waals surface area contributed by atoms with Crippen molar-refractivity contribution in [2.75, 3.05) is 18.0 Å². The van der Waals surface area contributed by atoms with Gasteiger partial charge in [0.1, 0.15) is 17.4 Å². The number of aliphatic carboxylic acids is 1. The number of aromatic hydroxyl groups is 1. The Kier molecular flexibility index (Phi) is 9.78. The predicted octanol–water partition coefficient (Wildman–Crippen LogP) is 4.32. The van der Waals surface area contributed by atoms with Crippen LogP contribution in [0.25, 0.3) is 0 Å². The van der Waals surface area contributed by atoms with Crippen molar-refractivity contribution in [2.45, 2.75) is 78.4 Å². The lowest BCUT2D eigenvalue weighted by molar-refractivity contribution is -0.139. The van der Waals surface area contributed by atoms with E-state index in [9.17, 15) is 19.8 Å². The first-order chi connectivity index (χ1) is 13.6. The molecule has 29 heavy (non-hydrogen) atoms. The highest BCUT2D eigenvalue weighted by molar-refractivity contribution is 5.80. The highest BCUT2D eigenvalue weighted by atomic mass is 16.6. The van der Waals surface area contributed by atoms with Crippen molar-refractivity contribution >= 4 is 17.7 Å². The SMILES string of the molecule is CCCCN(CCCC)c1ccc(CC(NC(=O)OC(C)(C)C)C(=O)O)c(O)c1. The Bertz CT molecular complexity index is 662. The number of unbranched alkanes of at least 4 members (excludes halogenated alkanes) is 2. The van der Waals surface area contributed by atoms with E-state index >= 15 is 0 Å². The molecule has 0 spiro atoms. The van der Waals surface area contributed by atoms with Crippen LogP contribution in [-0.2, 0) is 16.0 Å². The molecule has 0 heterocycles. The maximum Gasteiger partial charge on any atom is 0.408 e. The van der Waals surface area contributed by atoms with Crippen LogP contribution in [0.4, 0.5) is 10.5 Å². The quantitative estimate of drug-likeness (QED) is 0.504. The minimum absolute atomic E-state index is 0.0257. The molecule has 1 rings (SSSR count). The highest BCUT2D eigenvalue weighted by Crippen LogP contribution is 2.26. The van der Waals surface area contributed by atoms with E-state index in [0.29, 0.717) is 5.56 Å². The van der Waals surface area contributed by atoms with Gasteiger partial charge in [0.15, 0.2) is 0 Å². The molecule has 1 aromatic carbocycles. The van der Waals surface area contributed by atoms with Crippen molar-refractivity contribution in [3.63, 3.8) is 0 Å². The van der Waals surface area contributed by atoms with Crippen molar-refractivity contribution in [3.05, 3.63) is 23.8 Å². The molecule has 0 aromatic heterocycles. The van der Waals surface area contributed by atoms with Gasteiger partial charge in [-0.05, 0) is 45.2 Å². The number of carbonyl (C=O) groups excluding carboxylic acids is 1. The number of phenolic OH excluding ortho intramolecular Hbond substituents is 1. The Morgan fingerprint density at radius 1 is 1.14 bits per heavy atom. The number of phenols is 1. The number of anilines is 1. The first-order valence-electron chi connectivity index (χ1n) is 10.4. The van der Waals surface area contributed by atoms with E-state index < -0.39 is 23.7 Å². The van der Waals surface area contributed by atoms with Crippen LogP contribution in [-0.4, -0.2) is 47.0 Å². The fourth-order valence-electron chi connectivity index (χ4n) is 2.86. The van der Waals surface area contributed by atoms with Crippen molar-refractivity contribution in [1.82, 2.24) is 5.32 Å². The van der Waals surface area contributed by atoms with Gasteiger partial charge in [-0.25, -0.2) is 9.59 Å². The number of amides is 1. The molecule has 7 nitrogen and oxygen atoms in total. The van der Waals surface area contributed by atoms with Crippen LogP contribution in [0, 0.1) is 0 Å². The lowest BCUT2D eigenvalue weighted by atomic mass is 10.0. The number of ether oxygens (including phenoxy) is 1. The number of alkyl carbamates (subject to hydrolysis) is 1. The molecule has 3 N–H and O–H groups in total. The van der Waals surface area contributed by atoms with Gasteiger partial charge < -0.3 is 25.2 Å². The number of nitrogens with one attached hydrogen (secondary N) is 1. The van der Waals surface area contributed by atoms with E-state index in [-0.39, 0.29) is 12.2 Å². The molecular formula is C22H36N2O5. The highest BCUT2D eigenvalue weighted by Gasteiger charge is 2.25. The lowest BCUT2D eigenvalue weighted by Crippen LogP contribution is -2.44. The van der Waals surface area contributed by atoms with Gasteiger partial charge >= 0.3 is 12.1 Å². The Morgan fingerprint density at radius 2 is 1.72 bits per heavy atom. The lowest BCUT2D eigenvalue weighted by Gasteiger charge is -2.25.